The summed E-state index contributed by atoms with van der Waals surface area (Å²) in [6, 6.07) is -8.43. The molecule has 0 saturated heterocycles. The lowest BCUT2D eigenvalue weighted by Crippen LogP contribution is -2.61. The predicted molar refractivity (Wildman–Crippen MR) is 217 cm³/mol. The Bertz CT molecular complexity index is 2040. The normalized spacial score (nSPS) is 14.3. The lowest BCUT2D eigenvalue weighted by Gasteiger charge is -2.28. The summed E-state index contributed by atoms with van der Waals surface area (Å²) < 4.78 is 15.8. The molecule has 29 nitrogen and oxygen atoms in total. The van der Waals surface area contributed by atoms with Gasteiger partial charge in [0.2, 0.25) is 41.4 Å². The second kappa shape index (κ2) is 26.5. The number of hydrogen-bond acceptors (Lipinski definition) is 15. The summed E-state index contributed by atoms with van der Waals surface area (Å²) in [5, 5.41) is 58.9. The molecular weight excluding hydrogens is 911 g/mol. The number of benzene rings is 1. The van der Waals surface area contributed by atoms with Crippen LogP contribution in [0.5, 0.6) is 5.75 Å². The second-order valence-corrected chi connectivity index (χ2v) is 15.8. The molecule has 17 N–H and O–H groups in total. The minimum Gasteiger partial charge on any atom is -0.481 e. The second-order valence-electron chi connectivity index (χ2n) is 14.6. The van der Waals surface area contributed by atoms with Gasteiger partial charge in [0, 0.05) is 19.3 Å². The van der Waals surface area contributed by atoms with Crippen molar-refractivity contribution in [2.45, 2.75) is 108 Å². The largest absolute Gasteiger partial charge is 0.524 e. The van der Waals surface area contributed by atoms with Gasteiger partial charge in [-0.25, -0.2) is 9.36 Å². The minimum atomic E-state index is -5.03. The Kier molecular flexibility index (Phi) is 22.8. The van der Waals surface area contributed by atoms with E-state index in [0.717, 1.165) is 12.1 Å². The van der Waals surface area contributed by atoms with Gasteiger partial charge < -0.3 is 73.4 Å². The highest BCUT2D eigenvalue weighted by Gasteiger charge is 2.36. The molecule has 1 aromatic rings. The highest BCUT2D eigenvalue weighted by molar-refractivity contribution is 7.46. The molecule has 0 aliphatic carbocycles. The number of phosphoric acid groups is 1. The Balaban J connectivity index is 3.64. The highest BCUT2D eigenvalue weighted by atomic mass is 31.2. The van der Waals surface area contributed by atoms with E-state index in [9.17, 15) is 77.4 Å². The van der Waals surface area contributed by atoms with Gasteiger partial charge in [0.1, 0.15) is 42.0 Å². The number of amides is 7. The van der Waals surface area contributed by atoms with Gasteiger partial charge in [0.15, 0.2) is 0 Å². The first kappa shape index (κ1) is 56.8. The van der Waals surface area contributed by atoms with Crippen LogP contribution in [0.4, 0.5) is 0 Å². The number of aliphatic carboxylic acids is 5. The standard InChI is InChI=1S/C36H51N8O21P/c1-15(2)29(35(59)43-23(36(60)61)14-28(52)53)44-34(58)22(13-24(38)45)42-32(56)20(8-10-26(48)49)40-33(57)21(11-16-3-5-17(6-4-16)65-66(62,63)64)41-31(55)19(7-9-25(46)47)39-30(54)18(37)12-27(50)51/h3-6,15,18-23,29H,7-14,37H2,1-2H3,(H2,38,45)(H,39,54)(H,40,57)(H,41,55)(H,42,56)(H,43,59)(H,44,58)(H,46,47)(H,48,49)(H,50,51)(H,52,53)(H,60,61)(H2,62,63,64)/t18-,19-,20-,21-,22-,23-,29-/m0/s1. The van der Waals surface area contributed by atoms with E-state index in [1.54, 1.807) is 0 Å². The SMILES string of the molecule is CC(C)[C@H](NC(=O)[C@H](CC(N)=O)NC(=O)[C@H](CCC(=O)O)NC(=O)[C@H](Cc1ccc(OP(=O)(O)O)cc1)NC(=O)[C@H](CCC(=O)O)NC(=O)[C@@H](N)CC(=O)O)C(=O)N[C@@H](CC(=O)O)C(=O)O. The lowest BCUT2D eigenvalue weighted by molar-refractivity contribution is -0.147. The third-order valence-corrected chi connectivity index (χ3v) is 9.24. The average molecular weight is 963 g/mol. The van der Waals surface area contributed by atoms with Crippen LogP contribution in [0.1, 0.15) is 64.4 Å². The summed E-state index contributed by atoms with van der Waals surface area (Å²) in [6.45, 7) is 2.76. The molecular formula is C36H51N8O21P. The molecule has 66 heavy (non-hydrogen) atoms. The Morgan fingerprint density at radius 2 is 0.985 bits per heavy atom. The Labute approximate surface area is 373 Å². The van der Waals surface area contributed by atoms with Gasteiger partial charge in [0.25, 0.3) is 0 Å². The first-order valence-corrected chi connectivity index (χ1v) is 20.8. The number of carbonyl (C=O) groups excluding carboxylic acids is 7. The fraction of sp³-hybridized carbons (Fsp3) is 0.500. The van der Waals surface area contributed by atoms with Crippen molar-refractivity contribution in [1.82, 2.24) is 31.9 Å². The van der Waals surface area contributed by atoms with Crippen LogP contribution in [0, 0.1) is 5.92 Å². The van der Waals surface area contributed by atoms with E-state index in [2.05, 4.69) is 31.1 Å². The molecule has 0 fully saturated rings. The van der Waals surface area contributed by atoms with Crippen LogP contribution in [0.25, 0.3) is 0 Å². The van der Waals surface area contributed by atoms with E-state index < -0.39 is 179 Å². The predicted octanol–water partition coefficient (Wildman–Crippen LogP) is -4.77. The molecule has 0 bridgehead atoms. The number of rotatable bonds is 30. The molecule has 0 heterocycles. The number of carboxylic acids is 5. The maximum absolute atomic E-state index is 14.0. The maximum Gasteiger partial charge on any atom is 0.524 e. The van der Waals surface area contributed by atoms with Crippen molar-refractivity contribution >= 4 is 79.0 Å². The number of nitrogens with one attached hydrogen (secondary N) is 6. The minimum absolute atomic E-state index is 0.106. The molecule has 0 aromatic heterocycles. The maximum atomic E-state index is 14.0. The third-order valence-electron chi connectivity index (χ3n) is 8.79. The summed E-state index contributed by atoms with van der Waals surface area (Å²) >= 11 is 0. The Hall–Kier alpha value is -7.23. The van der Waals surface area contributed by atoms with Crippen LogP contribution in [0.2, 0.25) is 0 Å². The number of hydrogen-bond donors (Lipinski definition) is 15. The van der Waals surface area contributed by atoms with E-state index in [1.807, 2.05) is 5.32 Å². The molecule has 1 aromatic carbocycles. The van der Waals surface area contributed by atoms with Crippen LogP contribution >= 0.6 is 7.82 Å². The number of phosphoric ester groups is 1. The van der Waals surface area contributed by atoms with Gasteiger partial charge in [-0.1, -0.05) is 26.0 Å². The molecule has 0 spiro atoms. The zero-order valence-electron chi connectivity index (χ0n) is 35.0. The third kappa shape index (κ3) is 21.9. The molecule has 0 radical (unpaired) electrons. The number of carbonyl (C=O) groups is 12. The lowest BCUT2D eigenvalue weighted by atomic mass is 10.0. The van der Waals surface area contributed by atoms with Crippen LogP contribution in [-0.2, 0) is 68.5 Å². The van der Waals surface area contributed by atoms with Gasteiger partial charge in [-0.3, -0.25) is 62.5 Å². The fourth-order valence-electron chi connectivity index (χ4n) is 5.55. The summed E-state index contributed by atoms with van der Waals surface area (Å²) in [5.74, 6) is -17.8. The van der Waals surface area contributed by atoms with Crippen molar-refractivity contribution in [1.29, 1.82) is 0 Å². The van der Waals surface area contributed by atoms with E-state index in [-0.39, 0.29) is 11.3 Å². The number of primary amides is 1. The summed E-state index contributed by atoms with van der Waals surface area (Å²) in [5.41, 5.74) is 11.0. The summed E-state index contributed by atoms with van der Waals surface area (Å²) in [4.78, 5) is 168. The Morgan fingerprint density at radius 3 is 1.41 bits per heavy atom. The molecule has 0 unspecified atom stereocenters. The van der Waals surface area contributed by atoms with Crippen LogP contribution < -0.4 is 47.9 Å². The van der Waals surface area contributed by atoms with E-state index in [1.165, 1.54) is 26.0 Å². The van der Waals surface area contributed by atoms with Gasteiger partial charge in [-0.2, -0.15) is 0 Å². The molecule has 0 aliphatic heterocycles. The van der Waals surface area contributed by atoms with Gasteiger partial charge in [0.05, 0.1) is 25.3 Å². The summed E-state index contributed by atoms with van der Waals surface area (Å²) in [7, 11) is -5.03. The van der Waals surface area contributed by atoms with Crippen molar-refractivity contribution in [2.24, 2.45) is 17.4 Å². The first-order valence-electron chi connectivity index (χ1n) is 19.3. The zero-order valence-corrected chi connectivity index (χ0v) is 35.9. The summed E-state index contributed by atoms with van der Waals surface area (Å²) in [6.07, 6.45) is -6.53. The molecule has 0 saturated carbocycles. The number of nitrogens with two attached hydrogens (primary N) is 2. The van der Waals surface area contributed by atoms with Crippen molar-refractivity contribution in [2.75, 3.05) is 0 Å². The average Bonchev–Trinajstić information content (AvgIpc) is 3.17. The van der Waals surface area contributed by atoms with Crippen LogP contribution in [0.3, 0.4) is 0 Å². The van der Waals surface area contributed by atoms with Gasteiger partial charge in [-0.15, -0.1) is 0 Å². The van der Waals surface area contributed by atoms with E-state index >= 15 is 0 Å². The van der Waals surface area contributed by atoms with Gasteiger partial charge >= 0.3 is 37.7 Å². The monoisotopic (exact) mass is 962 g/mol. The molecule has 30 heteroatoms. The van der Waals surface area contributed by atoms with Crippen molar-refractivity contribution < 1.29 is 102 Å². The zero-order chi connectivity index (χ0) is 50.6. The van der Waals surface area contributed by atoms with E-state index in [0.29, 0.717) is 0 Å². The first-order chi connectivity index (χ1) is 30.5. The topological polar surface area (TPSA) is 497 Å². The Morgan fingerprint density at radius 1 is 0.561 bits per heavy atom. The molecule has 366 valence electrons. The van der Waals surface area contributed by atoms with Crippen molar-refractivity contribution in [3.63, 3.8) is 0 Å². The van der Waals surface area contributed by atoms with Gasteiger partial charge in [-0.05, 0) is 36.5 Å². The van der Waals surface area contributed by atoms with Crippen LogP contribution in [-0.4, -0.2) is 149 Å². The van der Waals surface area contributed by atoms with Crippen molar-refractivity contribution in [3.8, 4) is 5.75 Å². The molecule has 1 rings (SSSR count). The van der Waals surface area contributed by atoms with Crippen molar-refractivity contribution in [3.05, 3.63) is 29.8 Å². The number of carboxylic acid groups (broad SMARTS) is 5. The van der Waals surface area contributed by atoms with Crippen LogP contribution in [0.15, 0.2) is 24.3 Å². The van der Waals surface area contributed by atoms with E-state index in [4.69, 9.17) is 31.5 Å². The quantitative estimate of drug-likeness (QED) is 0.0322. The molecule has 0 aliphatic rings. The molecule has 7 atom stereocenters. The highest BCUT2D eigenvalue weighted by Crippen LogP contribution is 2.37. The smallest absolute Gasteiger partial charge is 0.481 e. The molecule has 7 amide bonds. The fourth-order valence-corrected chi connectivity index (χ4v) is 5.95.